The van der Waals surface area contributed by atoms with Crippen molar-refractivity contribution < 1.29 is 14.3 Å². The number of halogens is 1. The lowest BCUT2D eigenvalue weighted by atomic mass is 10.2. The molecule has 1 aromatic heterocycles. The molecule has 6 heteroatoms. The van der Waals surface area contributed by atoms with Gasteiger partial charge in [-0.2, -0.15) is 0 Å². The number of aryl methyl sites for hydroxylation is 1. The molecule has 0 radical (unpaired) electrons. The lowest BCUT2D eigenvalue weighted by Gasteiger charge is -2.05. The molecule has 2 aromatic rings. The lowest BCUT2D eigenvalue weighted by Crippen LogP contribution is -2.16. The van der Waals surface area contributed by atoms with Crippen LogP contribution >= 0.6 is 0 Å². The standard InChI is InChI=1S/C11H9FN2O3/c1-6-5-13-11(17)14(6)9-3-7(10(15)16)2-8(12)4-9/h2-5H,1H3,(H,13,17)(H,15,16). The molecule has 0 fully saturated rings. The molecule has 0 amide bonds. The number of benzene rings is 1. The van der Waals surface area contributed by atoms with Crippen LogP contribution in [-0.2, 0) is 0 Å². The Morgan fingerprint density at radius 2 is 2.12 bits per heavy atom. The summed E-state index contributed by atoms with van der Waals surface area (Å²) in [5.74, 6) is -1.95. The van der Waals surface area contributed by atoms with Crippen molar-refractivity contribution >= 4 is 5.97 Å². The fraction of sp³-hybridized carbons (Fsp3) is 0.0909. The van der Waals surface area contributed by atoms with E-state index < -0.39 is 17.5 Å². The smallest absolute Gasteiger partial charge is 0.335 e. The molecule has 2 N–H and O–H groups in total. The topological polar surface area (TPSA) is 75.1 Å². The second-order valence-corrected chi connectivity index (χ2v) is 3.57. The largest absolute Gasteiger partial charge is 0.478 e. The number of carbonyl (C=O) groups is 1. The summed E-state index contributed by atoms with van der Waals surface area (Å²) in [6.45, 7) is 1.66. The predicted octanol–water partition coefficient (Wildman–Crippen LogP) is 1.31. The zero-order chi connectivity index (χ0) is 12.6. The van der Waals surface area contributed by atoms with Crippen molar-refractivity contribution in [1.29, 1.82) is 0 Å². The first-order chi connectivity index (χ1) is 7.99. The molecule has 0 aliphatic rings. The average molecular weight is 236 g/mol. The molecule has 1 aromatic carbocycles. The number of hydrogen-bond donors (Lipinski definition) is 2. The van der Waals surface area contributed by atoms with Crippen LogP contribution in [0.25, 0.3) is 5.69 Å². The molecule has 0 bridgehead atoms. The van der Waals surface area contributed by atoms with Crippen LogP contribution in [0.5, 0.6) is 0 Å². The van der Waals surface area contributed by atoms with E-state index in [1.165, 1.54) is 16.8 Å². The van der Waals surface area contributed by atoms with Gasteiger partial charge in [0.1, 0.15) is 5.82 Å². The minimum Gasteiger partial charge on any atom is -0.478 e. The van der Waals surface area contributed by atoms with Gasteiger partial charge in [0.05, 0.1) is 11.3 Å². The quantitative estimate of drug-likeness (QED) is 0.825. The predicted molar refractivity (Wildman–Crippen MR) is 58.0 cm³/mol. The van der Waals surface area contributed by atoms with Crippen LogP contribution in [0.2, 0.25) is 0 Å². The van der Waals surface area contributed by atoms with E-state index in [1.807, 2.05) is 0 Å². The third kappa shape index (κ3) is 1.96. The number of hydrogen-bond acceptors (Lipinski definition) is 2. The van der Waals surface area contributed by atoms with Gasteiger partial charge >= 0.3 is 11.7 Å². The highest BCUT2D eigenvalue weighted by molar-refractivity contribution is 5.88. The first-order valence-electron chi connectivity index (χ1n) is 4.80. The molecule has 0 saturated heterocycles. The van der Waals surface area contributed by atoms with Crippen LogP contribution in [0.1, 0.15) is 16.1 Å². The summed E-state index contributed by atoms with van der Waals surface area (Å²) in [7, 11) is 0. The Morgan fingerprint density at radius 3 is 2.65 bits per heavy atom. The van der Waals surface area contributed by atoms with Crippen LogP contribution in [-0.4, -0.2) is 20.6 Å². The number of rotatable bonds is 2. The first-order valence-corrected chi connectivity index (χ1v) is 4.80. The molecular formula is C11H9FN2O3. The molecule has 2 rings (SSSR count). The summed E-state index contributed by atoms with van der Waals surface area (Å²) < 4.78 is 14.5. The SMILES string of the molecule is Cc1c[nH]c(=O)n1-c1cc(F)cc(C(=O)O)c1. The molecule has 0 atom stereocenters. The molecule has 0 aliphatic heterocycles. The van der Waals surface area contributed by atoms with Crippen LogP contribution in [0.3, 0.4) is 0 Å². The summed E-state index contributed by atoms with van der Waals surface area (Å²) in [5, 5.41) is 8.81. The summed E-state index contributed by atoms with van der Waals surface area (Å²) >= 11 is 0. The Morgan fingerprint density at radius 1 is 1.41 bits per heavy atom. The maximum absolute atomic E-state index is 13.3. The second kappa shape index (κ2) is 3.89. The summed E-state index contributed by atoms with van der Waals surface area (Å²) in [4.78, 5) is 24.7. The monoisotopic (exact) mass is 236 g/mol. The molecule has 0 spiro atoms. The highest BCUT2D eigenvalue weighted by Crippen LogP contribution is 2.13. The number of aromatic nitrogens is 2. The number of carboxylic acids is 1. The van der Waals surface area contributed by atoms with E-state index in [0.29, 0.717) is 5.69 Å². The summed E-state index contributed by atoms with van der Waals surface area (Å²) in [5.41, 5.74) is 0.111. The Hall–Kier alpha value is -2.37. The fourth-order valence-electron chi connectivity index (χ4n) is 1.60. The third-order valence-corrected chi connectivity index (χ3v) is 2.35. The zero-order valence-electron chi connectivity index (χ0n) is 8.90. The van der Waals surface area contributed by atoms with Gasteiger partial charge in [0.25, 0.3) is 0 Å². The minimum absolute atomic E-state index is 0.186. The molecule has 5 nitrogen and oxygen atoms in total. The molecule has 1 heterocycles. The van der Waals surface area contributed by atoms with Crippen molar-refractivity contribution in [3.05, 3.63) is 52.0 Å². The number of H-pyrrole nitrogens is 1. The van der Waals surface area contributed by atoms with Gasteiger partial charge in [0.2, 0.25) is 0 Å². The molecule has 88 valence electrons. The van der Waals surface area contributed by atoms with Crippen LogP contribution in [0.4, 0.5) is 4.39 Å². The lowest BCUT2D eigenvalue weighted by molar-refractivity contribution is 0.0696. The first kappa shape index (κ1) is 11.1. The number of nitrogens with zero attached hydrogens (tertiary/aromatic N) is 1. The molecule has 0 unspecified atom stereocenters. The van der Waals surface area contributed by atoms with E-state index in [0.717, 1.165) is 12.1 Å². The second-order valence-electron chi connectivity index (χ2n) is 3.57. The van der Waals surface area contributed by atoms with Crippen molar-refractivity contribution in [2.24, 2.45) is 0 Å². The van der Waals surface area contributed by atoms with Gasteiger partial charge in [-0.25, -0.2) is 14.0 Å². The van der Waals surface area contributed by atoms with Crippen LogP contribution < -0.4 is 5.69 Å². The van der Waals surface area contributed by atoms with Crippen LogP contribution in [0, 0.1) is 12.7 Å². The van der Waals surface area contributed by atoms with E-state index in [-0.39, 0.29) is 11.3 Å². The van der Waals surface area contributed by atoms with Crippen molar-refractivity contribution in [1.82, 2.24) is 9.55 Å². The Bertz CT molecular complexity index is 642. The van der Waals surface area contributed by atoms with Gasteiger partial charge in [0.15, 0.2) is 0 Å². The van der Waals surface area contributed by atoms with Crippen molar-refractivity contribution in [2.75, 3.05) is 0 Å². The zero-order valence-corrected chi connectivity index (χ0v) is 8.90. The number of aromatic amines is 1. The molecule has 17 heavy (non-hydrogen) atoms. The van der Waals surface area contributed by atoms with E-state index in [9.17, 15) is 14.0 Å². The van der Waals surface area contributed by atoms with Gasteiger partial charge in [-0.3, -0.25) is 4.57 Å². The third-order valence-electron chi connectivity index (χ3n) is 2.35. The van der Waals surface area contributed by atoms with Gasteiger partial charge in [-0.15, -0.1) is 0 Å². The van der Waals surface area contributed by atoms with Gasteiger partial charge in [-0.1, -0.05) is 0 Å². The highest BCUT2D eigenvalue weighted by Gasteiger charge is 2.11. The maximum atomic E-state index is 13.3. The highest BCUT2D eigenvalue weighted by atomic mass is 19.1. The van der Waals surface area contributed by atoms with Crippen molar-refractivity contribution in [3.63, 3.8) is 0 Å². The fourth-order valence-corrected chi connectivity index (χ4v) is 1.60. The van der Waals surface area contributed by atoms with E-state index in [4.69, 9.17) is 5.11 Å². The molecule has 0 saturated carbocycles. The van der Waals surface area contributed by atoms with Gasteiger partial charge in [-0.05, 0) is 25.1 Å². The number of imidazole rings is 1. The van der Waals surface area contributed by atoms with E-state index in [1.54, 1.807) is 6.92 Å². The van der Waals surface area contributed by atoms with Gasteiger partial charge in [0, 0.05) is 11.9 Å². The summed E-state index contributed by atoms with van der Waals surface area (Å²) in [6, 6.07) is 3.25. The number of nitrogens with one attached hydrogen (secondary N) is 1. The maximum Gasteiger partial charge on any atom is 0.335 e. The van der Waals surface area contributed by atoms with Crippen molar-refractivity contribution in [2.45, 2.75) is 6.92 Å². The normalized spacial score (nSPS) is 10.5. The molecular weight excluding hydrogens is 227 g/mol. The van der Waals surface area contributed by atoms with Crippen LogP contribution in [0.15, 0.2) is 29.2 Å². The van der Waals surface area contributed by atoms with Crippen molar-refractivity contribution in [3.8, 4) is 5.69 Å². The van der Waals surface area contributed by atoms with E-state index >= 15 is 0 Å². The van der Waals surface area contributed by atoms with Gasteiger partial charge < -0.3 is 10.1 Å². The Kier molecular flexibility index (Phi) is 2.55. The minimum atomic E-state index is -1.24. The number of aromatic carboxylic acids is 1. The Labute approximate surface area is 95.1 Å². The Balaban J connectivity index is 2.68. The average Bonchev–Trinajstić information content (AvgIpc) is 2.57. The van der Waals surface area contributed by atoms with E-state index in [2.05, 4.69) is 4.98 Å². The number of carboxylic acid groups (broad SMARTS) is 1. The molecule has 0 aliphatic carbocycles. The summed E-state index contributed by atoms with van der Waals surface area (Å²) in [6.07, 6.45) is 1.47.